The number of rotatable bonds is 3. The number of amides is 2. The van der Waals surface area contributed by atoms with Gasteiger partial charge in [0.2, 0.25) is 5.95 Å². The fourth-order valence-corrected chi connectivity index (χ4v) is 3.63. The Bertz CT molecular complexity index is 773. The van der Waals surface area contributed by atoms with Crippen LogP contribution in [0.3, 0.4) is 0 Å². The van der Waals surface area contributed by atoms with E-state index in [0.717, 1.165) is 57.8 Å². The van der Waals surface area contributed by atoms with Gasteiger partial charge in [-0.2, -0.15) is 0 Å². The van der Waals surface area contributed by atoms with Crippen molar-refractivity contribution in [1.29, 1.82) is 0 Å². The van der Waals surface area contributed by atoms with E-state index >= 15 is 0 Å². The highest BCUT2D eigenvalue weighted by molar-refractivity contribution is 5.68. The lowest BCUT2D eigenvalue weighted by Crippen LogP contribution is -2.46. The summed E-state index contributed by atoms with van der Waals surface area (Å²) < 4.78 is 12.1. The predicted molar refractivity (Wildman–Crippen MR) is 129 cm³/mol. The van der Waals surface area contributed by atoms with Crippen LogP contribution in [-0.2, 0) is 16.5 Å². The van der Waals surface area contributed by atoms with Gasteiger partial charge in [0.1, 0.15) is 11.2 Å². The van der Waals surface area contributed by atoms with Crippen molar-refractivity contribution >= 4 is 18.1 Å². The third kappa shape index (κ3) is 10.5. The van der Waals surface area contributed by atoms with Crippen LogP contribution >= 0.6 is 0 Å². The monoisotopic (exact) mass is 482 g/mol. The second kappa shape index (κ2) is 12.2. The first-order valence-electron chi connectivity index (χ1n) is 12.0. The van der Waals surface area contributed by atoms with Crippen molar-refractivity contribution in [3.8, 4) is 0 Å². The third-order valence-corrected chi connectivity index (χ3v) is 5.16. The molecule has 0 bridgehead atoms. The highest BCUT2D eigenvalue weighted by Crippen LogP contribution is 2.17. The average Bonchev–Trinajstić information content (AvgIpc) is 3.13. The number of carbonyl (C=O) groups is 2. The molecule has 1 aromatic heterocycles. The van der Waals surface area contributed by atoms with Crippen LogP contribution in [0.2, 0.25) is 0 Å². The number of tetrazole rings is 1. The van der Waals surface area contributed by atoms with Gasteiger partial charge in [0, 0.05) is 32.2 Å². The van der Waals surface area contributed by atoms with Gasteiger partial charge in [0.15, 0.2) is 0 Å². The van der Waals surface area contributed by atoms with Crippen LogP contribution in [0.5, 0.6) is 0 Å². The summed E-state index contributed by atoms with van der Waals surface area (Å²) in [4.78, 5) is 25.2. The Kier molecular flexibility index (Phi) is 9.90. The maximum atomic E-state index is 11.7. The first kappa shape index (κ1) is 27.6. The molecule has 194 valence electrons. The molecule has 0 unspecified atom stereocenters. The van der Waals surface area contributed by atoms with Gasteiger partial charge in [0.25, 0.3) is 0 Å². The van der Waals surface area contributed by atoms with Crippen molar-refractivity contribution in [2.75, 3.05) is 31.1 Å². The molecule has 0 aliphatic carbocycles. The van der Waals surface area contributed by atoms with Crippen LogP contribution in [0, 0.1) is 0 Å². The van der Waals surface area contributed by atoms with Gasteiger partial charge in [-0.05, 0) is 90.7 Å². The van der Waals surface area contributed by atoms with Crippen LogP contribution in [-0.4, -0.2) is 81.9 Å². The fraction of sp³-hybridized carbons (Fsp3) is 0.864. The largest absolute Gasteiger partial charge is 0.444 e. The standard InChI is InChI=1S/C12H22N6O2.C10H20N2O2/c1-12(2,3)20-11(19)13-9-5-7-18(8-6-9)10-14-15-16-17(10)4;1-10(2,3)14-9(13)12-8-4-6-11-7-5-8/h9H,5-8H2,1-4H3,(H,13,19);8,11H,4-7H2,1-3H3,(H,12,13). The zero-order valence-electron chi connectivity index (χ0n) is 21.7. The zero-order valence-corrected chi connectivity index (χ0v) is 21.7. The normalized spacial score (nSPS) is 17.9. The summed E-state index contributed by atoms with van der Waals surface area (Å²) in [5, 5.41) is 20.5. The molecule has 12 heteroatoms. The van der Waals surface area contributed by atoms with Gasteiger partial charge in [-0.3, -0.25) is 0 Å². The minimum absolute atomic E-state index is 0.141. The molecule has 34 heavy (non-hydrogen) atoms. The number of piperidine rings is 2. The molecule has 0 atom stereocenters. The molecule has 2 amide bonds. The van der Waals surface area contributed by atoms with Gasteiger partial charge < -0.3 is 30.3 Å². The van der Waals surface area contributed by atoms with E-state index < -0.39 is 11.2 Å². The van der Waals surface area contributed by atoms with Gasteiger partial charge in [-0.15, -0.1) is 0 Å². The van der Waals surface area contributed by atoms with Crippen LogP contribution in [0.15, 0.2) is 0 Å². The van der Waals surface area contributed by atoms with Gasteiger partial charge >= 0.3 is 12.2 Å². The Labute approximate surface area is 202 Å². The Hall–Kier alpha value is -2.63. The second-order valence-corrected chi connectivity index (χ2v) is 10.7. The van der Waals surface area contributed by atoms with E-state index in [0.29, 0.717) is 0 Å². The van der Waals surface area contributed by atoms with Gasteiger partial charge in [-0.25, -0.2) is 14.3 Å². The summed E-state index contributed by atoms with van der Waals surface area (Å²) in [5.41, 5.74) is -0.869. The number of aryl methyl sites for hydroxylation is 1. The molecule has 1 aromatic rings. The number of nitrogens with zero attached hydrogens (tertiary/aromatic N) is 5. The van der Waals surface area contributed by atoms with Gasteiger partial charge in [0.05, 0.1) is 0 Å². The minimum Gasteiger partial charge on any atom is -0.444 e. The first-order chi connectivity index (χ1) is 15.8. The molecule has 0 saturated carbocycles. The number of aromatic nitrogens is 4. The molecule has 0 spiro atoms. The van der Waals surface area contributed by atoms with Crippen LogP contribution in [0.25, 0.3) is 0 Å². The average molecular weight is 483 g/mol. The topological polar surface area (TPSA) is 136 Å². The maximum Gasteiger partial charge on any atom is 0.407 e. The van der Waals surface area contributed by atoms with Crippen molar-refractivity contribution in [3.63, 3.8) is 0 Å². The Morgan fingerprint density at radius 1 is 0.882 bits per heavy atom. The van der Waals surface area contributed by atoms with Crippen molar-refractivity contribution in [2.24, 2.45) is 7.05 Å². The van der Waals surface area contributed by atoms with Crippen LogP contribution in [0.4, 0.5) is 15.5 Å². The lowest BCUT2D eigenvalue weighted by atomic mass is 10.1. The van der Waals surface area contributed by atoms with E-state index in [1.807, 2.05) is 48.6 Å². The molecule has 3 heterocycles. The molecule has 2 aliphatic rings. The Morgan fingerprint density at radius 3 is 1.76 bits per heavy atom. The third-order valence-electron chi connectivity index (χ3n) is 5.16. The number of hydrogen-bond donors (Lipinski definition) is 3. The molecule has 0 radical (unpaired) electrons. The molecule has 2 aliphatic heterocycles. The van der Waals surface area contributed by atoms with E-state index in [1.165, 1.54) is 0 Å². The van der Waals surface area contributed by atoms with E-state index in [2.05, 4.69) is 36.4 Å². The molecule has 0 aromatic carbocycles. The maximum absolute atomic E-state index is 11.7. The van der Waals surface area contributed by atoms with Crippen LogP contribution < -0.4 is 20.9 Å². The number of nitrogens with one attached hydrogen (secondary N) is 3. The molecule has 3 rings (SSSR count). The molecular formula is C22H42N8O4. The van der Waals surface area contributed by atoms with Crippen molar-refractivity contribution in [3.05, 3.63) is 0 Å². The van der Waals surface area contributed by atoms with E-state index in [4.69, 9.17) is 9.47 Å². The van der Waals surface area contributed by atoms with Gasteiger partial charge in [-0.1, -0.05) is 5.10 Å². The number of ether oxygens (including phenoxy) is 2. The summed E-state index contributed by atoms with van der Waals surface area (Å²) in [6, 6.07) is 0.411. The number of hydrogen-bond acceptors (Lipinski definition) is 9. The van der Waals surface area contributed by atoms with Crippen molar-refractivity contribution in [2.45, 2.75) is 90.5 Å². The molecule has 12 nitrogen and oxygen atoms in total. The molecule has 2 saturated heterocycles. The predicted octanol–water partition coefficient (Wildman–Crippen LogP) is 1.97. The second-order valence-electron chi connectivity index (χ2n) is 10.7. The smallest absolute Gasteiger partial charge is 0.407 e. The van der Waals surface area contributed by atoms with Crippen molar-refractivity contribution in [1.82, 2.24) is 36.2 Å². The zero-order chi connectivity index (χ0) is 25.4. The Balaban J connectivity index is 0.000000257. The molecular weight excluding hydrogens is 440 g/mol. The first-order valence-corrected chi connectivity index (χ1v) is 12.0. The number of anilines is 1. The minimum atomic E-state index is -0.463. The lowest BCUT2D eigenvalue weighted by Gasteiger charge is -2.32. The van der Waals surface area contributed by atoms with Crippen LogP contribution in [0.1, 0.15) is 67.2 Å². The summed E-state index contributed by atoms with van der Waals surface area (Å²) in [6.45, 7) is 14.8. The van der Waals surface area contributed by atoms with E-state index in [1.54, 1.807) is 4.68 Å². The Morgan fingerprint density at radius 2 is 1.35 bits per heavy atom. The SMILES string of the molecule is CC(C)(C)OC(=O)NC1CCNCC1.Cn1nnnc1N1CCC(NC(=O)OC(C)(C)C)CC1. The summed E-state index contributed by atoms with van der Waals surface area (Å²) in [6.07, 6.45) is 3.03. The highest BCUT2D eigenvalue weighted by Gasteiger charge is 2.25. The molecule has 3 N–H and O–H groups in total. The summed E-state index contributed by atoms with van der Waals surface area (Å²) in [5.74, 6) is 0.765. The summed E-state index contributed by atoms with van der Waals surface area (Å²) in [7, 11) is 1.82. The fourth-order valence-electron chi connectivity index (χ4n) is 3.63. The lowest BCUT2D eigenvalue weighted by molar-refractivity contribution is 0.0484. The highest BCUT2D eigenvalue weighted by atomic mass is 16.6. The summed E-state index contributed by atoms with van der Waals surface area (Å²) >= 11 is 0. The van der Waals surface area contributed by atoms with E-state index in [-0.39, 0.29) is 24.3 Å². The molecule has 2 fully saturated rings. The number of carbonyl (C=O) groups excluding carboxylic acids is 2. The quantitative estimate of drug-likeness (QED) is 0.591. The van der Waals surface area contributed by atoms with E-state index in [9.17, 15) is 9.59 Å². The van der Waals surface area contributed by atoms with Crippen molar-refractivity contribution < 1.29 is 19.1 Å². The number of alkyl carbamates (subject to hydrolysis) is 2.